The molecule has 0 aliphatic heterocycles. The van der Waals surface area contributed by atoms with Gasteiger partial charge in [0.2, 0.25) is 0 Å². The molecule has 0 fully saturated rings. The zero-order valence-corrected chi connectivity index (χ0v) is 7.72. The molecule has 1 unspecified atom stereocenters. The fourth-order valence-electron chi connectivity index (χ4n) is 1.16. The molecule has 64 valence electrons. The van der Waals surface area contributed by atoms with E-state index < -0.39 is 5.60 Å². The summed E-state index contributed by atoms with van der Waals surface area (Å²) < 4.78 is 0. The van der Waals surface area contributed by atoms with E-state index >= 15 is 0 Å². The molecule has 1 N–H and O–H groups in total. The number of rotatable bonds is 4. The van der Waals surface area contributed by atoms with Gasteiger partial charge in [0, 0.05) is 6.42 Å². The van der Waals surface area contributed by atoms with Gasteiger partial charge in [-0.25, -0.2) is 0 Å². The van der Waals surface area contributed by atoms with E-state index in [0.717, 1.165) is 12.8 Å². The third kappa shape index (κ3) is 2.95. The van der Waals surface area contributed by atoms with E-state index in [-0.39, 0.29) is 0 Å². The molecule has 1 nitrogen and oxygen atoms in total. The Morgan fingerprint density at radius 1 is 1.55 bits per heavy atom. The van der Waals surface area contributed by atoms with Crippen LogP contribution in [0.15, 0.2) is 0 Å². The van der Waals surface area contributed by atoms with Gasteiger partial charge in [-0.15, -0.1) is 12.3 Å². The van der Waals surface area contributed by atoms with Gasteiger partial charge < -0.3 is 5.11 Å². The second kappa shape index (κ2) is 4.41. The minimum absolute atomic E-state index is 0.292. The van der Waals surface area contributed by atoms with Crippen LogP contribution in [-0.4, -0.2) is 10.7 Å². The zero-order chi connectivity index (χ0) is 8.91. The molecule has 0 saturated heterocycles. The molecule has 0 aromatic heterocycles. The van der Waals surface area contributed by atoms with Crippen molar-refractivity contribution in [3.63, 3.8) is 0 Å². The normalized spacial score (nSPS) is 16.0. The van der Waals surface area contributed by atoms with Crippen LogP contribution in [0.25, 0.3) is 0 Å². The van der Waals surface area contributed by atoms with Gasteiger partial charge in [-0.05, 0) is 18.8 Å². The Bertz CT molecular complexity index is 143. The van der Waals surface area contributed by atoms with Gasteiger partial charge in [0.05, 0.1) is 5.60 Å². The molecular weight excluding hydrogens is 136 g/mol. The summed E-state index contributed by atoms with van der Waals surface area (Å²) in [5.74, 6) is 2.85. The third-order valence-electron chi connectivity index (χ3n) is 2.39. The minimum atomic E-state index is -0.549. The van der Waals surface area contributed by atoms with Crippen LogP contribution < -0.4 is 0 Å². The SMILES string of the molecule is C#CCCC(O)(CC)C(C)C. The molecule has 0 aromatic rings. The van der Waals surface area contributed by atoms with E-state index in [4.69, 9.17) is 6.42 Å². The van der Waals surface area contributed by atoms with E-state index in [0.29, 0.717) is 12.3 Å². The highest BCUT2D eigenvalue weighted by atomic mass is 16.3. The van der Waals surface area contributed by atoms with Crippen molar-refractivity contribution in [2.45, 2.75) is 45.6 Å². The maximum Gasteiger partial charge on any atom is 0.0677 e. The predicted molar refractivity (Wildman–Crippen MR) is 48.1 cm³/mol. The van der Waals surface area contributed by atoms with Gasteiger partial charge in [0.25, 0.3) is 0 Å². The van der Waals surface area contributed by atoms with E-state index in [1.54, 1.807) is 0 Å². The molecule has 0 radical (unpaired) electrons. The molecule has 0 aliphatic carbocycles. The molecule has 0 saturated carbocycles. The Hall–Kier alpha value is -0.480. The van der Waals surface area contributed by atoms with Crippen LogP contribution >= 0.6 is 0 Å². The van der Waals surface area contributed by atoms with Crippen molar-refractivity contribution in [2.75, 3.05) is 0 Å². The summed E-state index contributed by atoms with van der Waals surface area (Å²) in [4.78, 5) is 0. The Morgan fingerprint density at radius 2 is 2.09 bits per heavy atom. The van der Waals surface area contributed by atoms with Crippen molar-refractivity contribution in [1.82, 2.24) is 0 Å². The summed E-state index contributed by atoms with van der Waals surface area (Å²) >= 11 is 0. The van der Waals surface area contributed by atoms with E-state index in [1.165, 1.54) is 0 Å². The second-order valence-corrected chi connectivity index (χ2v) is 3.32. The maximum absolute atomic E-state index is 9.93. The van der Waals surface area contributed by atoms with E-state index in [9.17, 15) is 5.11 Å². The summed E-state index contributed by atoms with van der Waals surface area (Å²) in [7, 11) is 0. The van der Waals surface area contributed by atoms with Crippen molar-refractivity contribution in [3.05, 3.63) is 0 Å². The molecule has 1 heteroatoms. The fourth-order valence-corrected chi connectivity index (χ4v) is 1.16. The second-order valence-electron chi connectivity index (χ2n) is 3.32. The lowest BCUT2D eigenvalue weighted by Gasteiger charge is -2.30. The first-order chi connectivity index (χ1) is 5.06. The lowest BCUT2D eigenvalue weighted by Crippen LogP contribution is -2.33. The van der Waals surface area contributed by atoms with Crippen molar-refractivity contribution < 1.29 is 5.11 Å². The van der Waals surface area contributed by atoms with Crippen LogP contribution in [0.4, 0.5) is 0 Å². The predicted octanol–water partition coefficient (Wildman–Crippen LogP) is 2.20. The summed E-state index contributed by atoms with van der Waals surface area (Å²) in [5, 5.41) is 9.93. The third-order valence-corrected chi connectivity index (χ3v) is 2.39. The van der Waals surface area contributed by atoms with E-state index in [2.05, 4.69) is 5.92 Å². The van der Waals surface area contributed by atoms with Crippen LogP contribution in [0.3, 0.4) is 0 Å². The Kier molecular flexibility index (Phi) is 4.22. The number of terminal acetylenes is 1. The smallest absolute Gasteiger partial charge is 0.0677 e. The zero-order valence-electron chi connectivity index (χ0n) is 7.72. The van der Waals surface area contributed by atoms with Gasteiger partial charge in [-0.3, -0.25) is 0 Å². The van der Waals surface area contributed by atoms with Crippen molar-refractivity contribution in [1.29, 1.82) is 0 Å². The minimum Gasteiger partial charge on any atom is -0.390 e. The number of hydrogen-bond acceptors (Lipinski definition) is 1. The highest BCUT2D eigenvalue weighted by Gasteiger charge is 2.27. The first-order valence-corrected chi connectivity index (χ1v) is 4.22. The highest BCUT2D eigenvalue weighted by Crippen LogP contribution is 2.25. The Morgan fingerprint density at radius 3 is 2.36 bits per heavy atom. The van der Waals surface area contributed by atoms with Crippen LogP contribution in [0.1, 0.15) is 40.0 Å². The van der Waals surface area contributed by atoms with Gasteiger partial charge in [0.1, 0.15) is 0 Å². The molecule has 0 aliphatic rings. The van der Waals surface area contributed by atoms with Crippen molar-refractivity contribution in [3.8, 4) is 12.3 Å². The molecule has 0 rings (SSSR count). The van der Waals surface area contributed by atoms with Gasteiger partial charge >= 0.3 is 0 Å². The summed E-state index contributed by atoms with van der Waals surface area (Å²) in [5.41, 5.74) is -0.549. The van der Waals surface area contributed by atoms with Crippen LogP contribution in [0, 0.1) is 18.3 Å². The Balaban J connectivity index is 4.01. The molecule has 0 amide bonds. The van der Waals surface area contributed by atoms with Gasteiger partial charge in [-0.2, -0.15) is 0 Å². The summed E-state index contributed by atoms with van der Waals surface area (Å²) in [6.45, 7) is 6.05. The molecule has 0 aromatic carbocycles. The molecule has 1 atom stereocenters. The number of aliphatic hydroxyl groups is 1. The van der Waals surface area contributed by atoms with Crippen LogP contribution in [-0.2, 0) is 0 Å². The number of hydrogen-bond donors (Lipinski definition) is 1. The molecular formula is C10H18O. The molecule has 0 bridgehead atoms. The highest BCUT2D eigenvalue weighted by molar-refractivity contribution is 4.90. The largest absolute Gasteiger partial charge is 0.390 e. The maximum atomic E-state index is 9.93. The fraction of sp³-hybridized carbons (Fsp3) is 0.800. The first kappa shape index (κ1) is 10.5. The van der Waals surface area contributed by atoms with E-state index in [1.807, 2.05) is 20.8 Å². The molecule has 11 heavy (non-hydrogen) atoms. The van der Waals surface area contributed by atoms with Gasteiger partial charge in [-0.1, -0.05) is 20.8 Å². The molecule has 0 spiro atoms. The van der Waals surface area contributed by atoms with Crippen LogP contribution in [0.2, 0.25) is 0 Å². The summed E-state index contributed by atoms with van der Waals surface area (Å²) in [6, 6.07) is 0. The van der Waals surface area contributed by atoms with Gasteiger partial charge in [0.15, 0.2) is 0 Å². The lowest BCUT2D eigenvalue weighted by molar-refractivity contribution is -0.0151. The topological polar surface area (TPSA) is 20.2 Å². The lowest BCUT2D eigenvalue weighted by atomic mass is 9.84. The monoisotopic (exact) mass is 154 g/mol. The average Bonchev–Trinajstić information content (AvgIpc) is 2.00. The Labute approximate surface area is 69.8 Å². The molecule has 0 heterocycles. The standard InChI is InChI=1S/C10H18O/c1-5-7-8-10(11,6-2)9(3)4/h1,9,11H,6-8H2,2-4H3. The quantitative estimate of drug-likeness (QED) is 0.615. The first-order valence-electron chi connectivity index (χ1n) is 4.22. The van der Waals surface area contributed by atoms with Crippen molar-refractivity contribution in [2.24, 2.45) is 5.92 Å². The van der Waals surface area contributed by atoms with Crippen molar-refractivity contribution >= 4 is 0 Å². The summed E-state index contributed by atoms with van der Waals surface area (Å²) in [6.07, 6.45) is 7.30. The van der Waals surface area contributed by atoms with Crippen LogP contribution in [0.5, 0.6) is 0 Å². The average molecular weight is 154 g/mol.